The Labute approximate surface area is 318 Å². The van der Waals surface area contributed by atoms with Crippen LogP contribution in [-0.2, 0) is 36.7 Å². The Kier molecular flexibility index (Phi) is 13.0. The average molecular weight is 745 g/mol. The van der Waals surface area contributed by atoms with E-state index in [9.17, 15) is 29.1 Å². The first-order valence-electron chi connectivity index (χ1n) is 19.5. The first-order valence-corrected chi connectivity index (χ1v) is 19.5. The number of nitrogens with one attached hydrogen (secondary N) is 1. The Balaban J connectivity index is 1.01. The number of rotatable bonds is 10. The van der Waals surface area contributed by atoms with Crippen LogP contribution in [0, 0.1) is 0 Å². The fourth-order valence-corrected chi connectivity index (χ4v) is 8.12. The first kappa shape index (κ1) is 38.9. The number of hydrogen-bond acceptors (Lipinski definition) is 9. The number of amides is 5. The molecule has 4 heterocycles. The third-order valence-electron chi connectivity index (χ3n) is 11.3. The van der Waals surface area contributed by atoms with Gasteiger partial charge in [-0.25, -0.2) is 9.59 Å². The van der Waals surface area contributed by atoms with Gasteiger partial charge < -0.3 is 39.5 Å². The number of nitrogens with zero attached hydrogens (tertiary/aromatic N) is 5. The van der Waals surface area contributed by atoms with E-state index < -0.39 is 12.2 Å². The quantitative estimate of drug-likeness (QED) is 0.274. The Hall–Kier alpha value is -4.79. The molecule has 0 aromatic heterocycles. The van der Waals surface area contributed by atoms with Crippen LogP contribution in [0.2, 0.25) is 0 Å². The minimum absolute atomic E-state index is 0.0129. The number of hydrogen-bond donors (Lipinski definition) is 2. The van der Waals surface area contributed by atoms with Gasteiger partial charge in [0.1, 0.15) is 13.6 Å². The normalized spacial score (nSPS) is 19.4. The number of phenolic OH excluding ortho intramolecular Hbond substituents is 1. The molecular formula is C39H53BN6O8. The van der Waals surface area contributed by atoms with E-state index in [1.165, 1.54) is 0 Å². The molecule has 0 spiro atoms. The molecule has 0 aliphatic carbocycles. The lowest BCUT2D eigenvalue weighted by Crippen LogP contribution is -2.57. The number of fused-ring (bicyclic) bond motifs is 1. The van der Waals surface area contributed by atoms with Gasteiger partial charge in [-0.1, -0.05) is 30.3 Å². The number of ether oxygens (including phenoxy) is 2. The molecule has 54 heavy (non-hydrogen) atoms. The van der Waals surface area contributed by atoms with Crippen molar-refractivity contribution in [1.82, 2.24) is 24.5 Å². The van der Waals surface area contributed by atoms with Crippen molar-refractivity contribution in [1.29, 1.82) is 0 Å². The zero-order chi connectivity index (χ0) is 38.2. The topological polar surface area (TPSA) is 152 Å². The monoisotopic (exact) mass is 744 g/mol. The standard InChI is InChI=1S/C39H53BN6O8/c1-2-53-36(49)10-9-35(48)43-16-12-29(13-17-43)42-21-23-44(24-22-42)37(50)34(26-27-7-8-33(47)31(40)25-27)54-39(52)45-18-14-30(15-19-45)46-20-11-28-5-3-4-6-32(28)41-38(46)51/h3-8,25,29-30,34,47H,2,9-24,26,40H2,1H3,(H,41,51)/t34-/m1/s1. The van der Waals surface area contributed by atoms with Crippen LogP contribution in [0.3, 0.4) is 0 Å². The highest BCUT2D eigenvalue weighted by Gasteiger charge is 2.36. The summed E-state index contributed by atoms with van der Waals surface area (Å²) in [6, 6.07) is 13.1. The van der Waals surface area contributed by atoms with E-state index in [1.54, 1.807) is 36.7 Å². The number of piperidine rings is 2. The molecule has 3 saturated heterocycles. The van der Waals surface area contributed by atoms with Gasteiger partial charge >= 0.3 is 18.1 Å². The fourth-order valence-electron chi connectivity index (χ4n) is 8.12. The molecule has 14 nitrogen and oxygen atoms in total. The van der Waals surface area contributed by atoms with Crippen molar-refractivity contribution in [3.63, 3.8) is 0 Å². The van der Waals surface area contributed by atoms with Crippen molar-refractivity contribution >= 4 is 48.9 Å². The van der Waals surface area contributed by atoms with Gasteiger partial charge in [0.25, 0.3) is 5.91 Å². The van der Waals surface area contributed by atoms with Crippen LogP contribution in [-0.4, -0.2) is 151 Å². The number of carbonyl (C=O) groups excluding carboxylic acids is 5. The van der Waals surface area contributed by atoms with Crippen molar-refractivity contribution in [2.45, 2.75) is 76.5 Å². The summed E-state index contributed by atoms with van der Waals surface area (Å²) < 4.78 is 11.0. The second-order valence-corrected chi connectivity index (χ2v) is 14.7. The molecule has 0 bridgehead atoms. The summed E-state index contributed by atoms with van der Waals surface area (Å²) in [5.74, 6) is -0.463. The van der Waals surface area contributed by atoms with Crippen molar-refractivity contribution in [2.75, 3.05) is 70.8 Å². The summed E-state index contributed by atoms with van der Waals surface area (Å²) in [5, 5.41) is 13.1. The van der Waals surface area contributed by atoms with Crippen molar-refractivity contribution in [3.8, 4) is 5.75 Å². The van der Waals surface area contributed by atoms with Gasteiger partial charge in [-0.3, -0.25) is 19.3 Å². The SMILES string of the molecule is Bc1cc(C[C@@H](OC(=O)N2CCC(N3CCc4ccccc4NC3=O)CC2)C(=O)N2CCN(C3CCN(C(=O)CCC(=O)OCC)CC3)CC2)ccc1O. The van der Waals surface area contributed by atoms with Crippen LogP contribution in [0.1, 0.15) is 56.6 Å². The Morgan fingerprint density at radius 3 is 2.24 bits per heavy atom. The number of phenols is 1. The molecular weight excluding hydrogens is 691 g/mol. The number of piperazine rings is 1. The molecule has 0 unspecified atom stereocenters. The van der Waals surface area contributed by atoms with Gasteiger partial charge in [0.15, 0.2) is 6.10 Å². The molecule has 2 N–H and O–H groups in total. The van der Waals surface area contributed by atoms with Crippen LogP contribution >= 0.6 is 0 Å². The van der Waals surface area contributed by atoms with Crippen LogP contribution in [0.5, 0.6) is 5.75 Å². The number of carbonyl (C=O) groups is 5. The molecule has 4 aliphatic heterocycles. The second-order valence-electron chi connectivity index (χ2n) is 14.7. The largest absolute Gasteiger partial charge is 0.509 e. The number of likely N-dealkylation sites (tertiary alicyclic amines) is 2. The summed E-state index contributed by atoms with van der Waals surface area (Å²) in [4.78, 5) is 74.6. The minimum atomic E-state index is -1.04. The van der Waals surface area contributed by atoms with E-state index in [0.717, 1.165) is 36.1 Å². The molecule has 5 amide bonds. The van der Waals surface area contributed by atoms with Gasteiger partial charge in [-0.2, -0.15) is 0 Å². The summed E-state index contributed by atoms with van der Waals surface area (Å²) in [6.45, 7) is 7.08. The third kappa shape index (κ3) is 9.65. The van der Waals surface area contributed by atoms with Crippen molar-refractivity contribution in [2.24, 2.45) is 0 Å². The lowest BCUT2D eigenvalue weighted by Gasteiger charge is -2.43. The molecule has 1 atom stereocenters. The second kappa shape index (κ2) is 18.0. The van der Waals surface area contributed by atoms with E-state index in [0.29, 0.717) is 89.9 Å². The zero-order valence-corrected chi connectivity index (χ0v) is 31.5. The van der Waals surface area contributed by atoms with E-state index in [2.05, 4.69) is 10.2 Å². The predicted molar refractivity (Wildman–Crippen MR) is 204 cm³/mol. The van der Waals surface area contributed by atoms with Crippen LogP contribution in [0.25, 0.3) is 0 Å². The third-order valence-corrected chi connectivity index (χ3v) is 11.3. The lowest BCUT2D eigenvalue weighted by molar-refractivity contribution is -0.146. The maximum Gasteiger partial charge on any atom is 0.410 e. The van der Waals surface area contributed by atoms with Gasteiger partial charge in [0.05, 0.1) is 13.0 Å². The Bertz CT molecular complexity index is 1670. The highest BCUT2D eigenvalue weighted by molar-refractivity contribution is 6.34. The molecule has 2 aromatic rings. The maximum absolute atomic E-state index is 14.1. The minimum Gasteiger partial charge on any atom is -0.509 e. The molecule has 0 radical (unpaired) electrons. The highest BCUT2D eigenvalue weighted by Crippen LogP contribution is 2.26. The van der Waals surface area contributed by atoms with E-state index in [4.69, 9.17) is 9.47 Å². The fraction of sp³-hybridized carbons (Fsp3) is 0.564. The summed E-state index contributed by atoms with van der Waals surface area (Å²) in [7, 11) is 1.79. The number of para-hydroxylation sites is 1. The number of aromatic hydroxyl groups is 1. The van der Waals surface area contributed by atoms with Crippen molar-refractivity contribution in [3.05, 3.63) is 53.6 Å². The van der Waals surface area contributed by atoms with E-state index >= 15 is 0 Å². The van der Waals surface area contributed by atoms with E-state index in [1.807, 2.05) is 40.1 Å². The number of benzene rings is 2. The highest BCUT2D eigenvalue weighted by atomic mass is 16.6. The summed E-state index contributed by atoms with van der Waals surface area (Å²) in [5.41, 5.74) is 3.40. The molecule has 290 valence electrons. The summed E-state index contributed by atoms with van der Waals surface area (Å²) in [6.07, 6.45) is 2.48. The van der Waals surface area contributed by atoms with Gasteiger partial charge in [-0.15, -0.1) is 0 Å². The summed E-state index contributed by atoms with van der Waals surface area (Å²) >= 11 is 0. The molecule has 15 heteroatoms. The predicted octanol–water partition coefficient (Wildman–Crippen LogP) is 1.73. The zero-order valence-electron chi connectivity index (χ0n) is 31.5. The van der Waals surface area contributed by atoms with Crippen LogP contribution in [0.4, 0.5) is 15.3 Å². The van der Waals surface area contributed by atoms with Crippen LogP contribution < -0.4 is 10.8 Å². The Morgan fingerprint density at radius 2 is 1.54 bits per heavy atom. The average Bonchev–Trinajstić information content (AvgIpc) is 3.36. The number of esters is 1. The maximum atomic E-state index is 14.1. The molecule has 4 aliphatic rings. The Morgan fingerprint density at radius 1 is 0.852 bits per heavy atom. The van der Waals surface area contributed by atoms with Gasteiger partial charge in [0, 0.05) is 89.5 Å². The molecule has 6 rings (SSSR count). The van der Waals surface area contributed by atoms with Crippen LogP contribution in [0.15, 0.2) is 42.5 Å². The molecule has 2 aromatic carbocycles. The number of urea groups is 1. The van der Waals surface area contributed by atoms with Gasteiger partial charge in [-0.05, 0) is 67.8 Å². The smallest absolute Gasteiger partial charge is 0.410 e. The van der Waals surface area contributed by atoms with Crippen molar-refractivity contribution < 1.29 is 38.6 Å². The number of anilines is 1. The molecule has 0 saturated carbocycles. The first-order chi connectivity index (χ1) is 26.1. The van der Waals surface area contributed by atoms with Gasteiger partial charge in [0.2, 0.25) is 5.91 Å². The molecule has 3 fully saturated rings. The lowest BCUT2D eigenvalue weighted by atomic mass is 9.91. The van der Waals surface area contributed by atoms with E-state index in [-0.39, 0.29) is 54.9 Å².